The smallest absolute Gasteiger partial charge is 0.252 e. The second-order valence-corrected chi connectivity index (χ2v) is 6.77. The van der Waals surface area contributed by atoms with Gasteiger partial charge in [0.05, 0.1) is 12.6 Å². The molecule has 0 saturated carbocycles. The number of aromatic nitrogens is 1. The van der Waals surface area contributed by atoms with E-state index in [0.29, 0.717) is 6.54 Å². The Morgan fingerprint density at radius 1 is 0.714 bits per heavy atom. The van der Waals surface area contributed by atoms with Crippen molar-refractivity contribution in [3.8, 4) is 0 Å². The molecule has 1 aromatic heterocycles. The predicted octanol–water partition coefficient (Wildman–Crippen LogP) is 5.10. The van der Waals surface area contributed by atoms with Gasteiger partial charge in [-0.3, -0.25) is 4.79 Å². The van der Waals surface area contributed by atoms with E-state index in [9.17, 15) is 4.79 Å². The lowest BCUT2D eigenvalue weighted by atomic mass is 9.98. The maximum absolute atomic E-state index is 12.6. The van der Waals surface area contributed by atoms with Gasteiger partial charge in [-0.25, -0.2) is 0 Å². The zero-order chi connectivity index (χ0) is 19.2. The van der Waals surface area contributed by atoms with Crippen LogP contribution >= 0.6 is 0 Å². The largest absolute Gasteiger partial charge is 0.374 e. The van der Waals surface area contributed by atoms with Crippen LogP contribution < -0.4 is 10.9 Å². The summed E-state index contributed by atoms with van der Waals surface area (Å²) in [4.78, 5) is 12.6. The van der Waals surface area contributed by atoms with Gasteiger partial charge in [0, 0.05) is 18.0 Å². The van der Waals surface area contributed by atoms with Crippen LogP contribution in [0.25, 0.3) is 0 Å². The van der Waals surface area contributed by atoms with Crippen LogP contribution in [0.4, 0.5) is 5.69 Å². The molecule has 0 amide bonds. The average Bonchev–Trinajstić information content (AvgIpc) is 2.76. The topological polar surface area (TPSA) is 34.0 Å². The maximum atomic E-state index is 12.6. The minimum atomic E-state index is -0.0215. The van der Waals surface area contributed by atoms with Crippen molar-refractivity contribution in [3.63, 3.8) is 0 Å². The molecule has 0 atom stereocenters. The Kier molecular flexibility index (Phi) is 5.34. The summed E-state index contributed by atoms with van der Waals surface area (Å²) in [5, 5.41) is 3.53. The molecule has 1 N–H and O–H groups in total. The first-order chi connectivity index (χ1) is 13.8. The van der Waals surface area contributed by atoms with Crippen molar-refractivity contribution in [2.75, 3.05) is 5.32 Å². The van der Waals surface area contributed by atoms with Gasteiger partial charge in [0.25, 0.3) is 5.56 Å². The fourth-order valence-electron chi connectivity index (χ4n) is 3.33. The Labute approximate surface area is 164 Å². The maximum Gasteiger partial charge on any atom is 0.252 e. The van der Waals surface area contributed by atoms with Crippen molar-refractivity contribution in [3.05, 3.63) is 136 Å². The van der Waals surface area contributed by atoms with Crippen molar-refractivity contribution in [1.82, 2.24) is 4.57 Å². The lowest BCUT2D eigenvalue weighted by Crippen LogP contribution is -2.21. The van der Waals surface area contributed by atoms with Gasteiger partial charge >= 0.3 is 0 Å². The first kappa shape index (κ1) is 17.8. The van der Waals surface area contributed by atoms with Crippen molar-refractivity contribution in [2.45, 2.75) is 12.6 Å². The van der Waals surface area contributed by atoms with Gasteiger partial charge in [0.1, 0.15) is 0 Å². The molecular formula is C25H22N2O. The van der Waals surface area contributed by atoms with E-state index in [1.165, 1.54) is 0 Å². The average molecular weight is 366 g/mol. The van der Waals surface area contributed by atoms with Gasteiger partial charge in [0.15, 0.2) is 0 Å². The van der Waals surface area contributed by atoms with Crippen molar-refractivity contribution >= 4 is 5.69 Å². The number of nitrogens with zero attached hydrogens (tertiary/aromatic N) is 1. The highest BCUT2D eigenvalue weighted by Crippen LogP contribution is 2.26. The second-order valence-electron chi connectivity index (χ2n) is 6.77. The fraction of sp³-hybridized carbons (Fsp3) is 0.0800. The van der Waals surface area contributed by atoms with Crippen LogP contribution in [0.5, 0.6) is 0 Å². The molecule has 0 aliphatic carbocycles. The minimum Gasteiger partial charge on any atom is -0.374 e. The van der Waals surface area contributed by atoms with Crippen LogP contribution in [0.1, 0.15) is 22.7 Å². The summed E-state index contributed by atoms with van der Waals surface area (Å²) in [6, 6.07) is 34.2. The molecule has 0 bridgehead atoms. The van der Waals surface area contributed by atoms with E-state index in [4.69, 9.17) is 0 Å². The molecular weight excluding hydrogens is 344 g/mol. The summed E-state index contributed by atoms with van der Waals surface area (Å²) in [7, 11) is 0. The van der Waals surface area contributed by atoms with E-state index < -0.39 is 0 Å². The molecule has 0 unspecified atom stereocenters. The van der Waals surface area contributed by atoms with E-state index in [0.717, 1.165) is 22.4 Å². The summed E-state index contributed by atoms with van der Waals surface area (Å²) in [6.45, 7) is 0.570. The Bertz CT molecular complexity index is 1030. The van der Waals surface area contributed by atoms with E-state index in [2.05, 4.69) is 29.6 Å². The molecule has 3 aromatic carbocycles. The van der Waals surface area contributed by atoms with Crippen LogP contribution in [-0.4, -0.2) is 4.57 Å². The predicted molar refractivity (Wildman–Crippen MR) is 115 cm³/mol. The molecule has 0 spiro atoms. The standard InChI is InChI=1S/C25H22N2O/c28-24-18-23(16-17-27(24)19-20-10-4-1-5-11-20)26-25(21-12-6-2-7-13-21)22-14-8-3-9-15-22/h1-18,25-26H,19H2. The number of pyridine rings is 1. The van der Waals surface area contributed by atoms with Crippen molar-refractivity contribution in [2.24, 2.45) is 0 Å². The highest BCUT2D eigenvalue weighted by molar-refractivity contribution is 5.48. The Morgan fingerprint density at radius 2 is 1.25 bits per heavy atom. The molecule has 4 rings (SSSR count). The SMILES string of the molecule is O=c1cc(NC(c2ccccc2)c2ccccc2)ccn1Cc1ccccc1. The molecule has 0 radical (unpaired) electrons. The summed E-state index contributed by atoms with van der Waals surface area (Å²) in [5.74, 6) is 0. The molecule has 138 valence electrons. The monoisotopic (exact) mass is 366 g/mol. The third kappa shape index (κ3) is 4.21. The van der Waals surface area contributed by atoms with Gasteiger partial charge in [-0.15, -0.1) is 0 Å². The Hall–Kier alpha value is -3.59. The van der Waals surface area contributed by atoms with Crippen molar-refractivity contribution < 1.29 is 0 Å². The highest BCUT2D eigenvalue weighted by Gasteiger charge is 2.14. The van der Waals surface area contributed by atoms with Gasteiger partial charge in [0.2, 0.25) is 0 Å². The summed E-state index contributed by atoms with van der Waals surface area (Å²) in [5.41, 5.74) is 4.21. The number of nitrogens with one attached hydrogen (secondary N) is 1. The lowest BCUT2D eigenvalue weighted by molar-refractivity contribution is 0.759. The van der Waals surface area contributed by atoms with Crippen LogP contribution in [0.3, 0.4) is 0 Å². The van der Waals surface area contributed by atoms with E-state index >= 15 is 0 Å². The van der Waals surface area contributed by atoms with E-state index in [1.807, 2.05) is 79.0 Å². The Balaban J connectivity index is 1.61. The van der Waals surface area contributed by atoms with Gasteiger partial charge in [-0.2, -0.15) is 0 Å². The van der Waals surface area contributed by atoms with Crippen molar-refractivity contribution in [1.29, 1.82) is 0 Å². The quantitative estimate of drug-likeness (QED) is 0.515. The summed E-state index contributed by atoms with van der Waals surface area (Å²) < 4.78 is 1.72. The first-order valence-corrected chi connectivity index (χ1v) is 9.40. The number of anilines is 1. The number of hydrogen-bond donors (Lipinski definition) is 1. The molecule has 28 heavy (non-hydrogen) atoms. The zero-order valence-electron chi connectivity index (χ0n) is 15.5. The second kappa shape index (κ2) is 8.40. The molecule has 3 nitrogen and oxygen atoms in total. The molecule has 0 saturated heterocycles. The van der Waals surface area contributed by atoms with Crippen LogP contribution in [0.15, 0.2) is 114 Å². The molecule has 4 aromatic rings. The van der Waals surface area contributed by atoms with Gasteiger partial charge in [-0.1, -0.05) is 91.0 Å². The lowest BCUT2D eigenvalue weighted by Gasteiger charge is -2.21. The van der Waals surface area contributed by atoms with Crippen LogP contribution in [-0.2, 0) is 6.54 Å². The van der Waals surface area contributed by atoms with Crippen LogP contribution in [0, 0.1) is 0 Å². The Morgan fingerprint density at radius 3 is 1.79 bits per heavy atom. The van der Waals surface area contributed by atoms with E-state index in [1.54, 1.807) is 10.6 Å². The number of benzene rings is 3. The highest BCUT2D eigenvalue weighted by atomic mass is 16.1. The summed E-state index contributed by atoms with van der Waals surface area (Å²) in [6.07, 6.45) is 1.85. The zero-order valence-corrected chi connectivity index (χ0v) is 15.5. The first-order valence-electron chi connectivity index (χ1n) is 9.40. The molecule has 1 heterocycles. The van der Waals surface area contributed by atoms with E-state index in [-0.39, 0.29) is 11.6 Å². The summed E-state index contributed by atoms with van der Waals surface area (Å²) >= 11 is 0. The van der Waals surface area contributed by atoms with Gasteiger partial charge in [-0.05, 0) is 22.8 Å². The number of rotatable bonds is 6. The third-order valence-corrected chi connectivity index (χ3v) is 4.77. The minimum absolute atomic E-state index is 0.0197. The molecule has 0 aliphatic heterocycles. The number of hydrogen-bond acceptors (Lipinski definition) is 2. The third-order valence-electron chi connectivity index (χ3n) is 4.77. The fourth-order valence-corrected chi connectivity index (χ4v) is 3.33. The normalized spacial score (nSPS) is 10.8. The molecule has 0 fully saturated rings. The molecule has 0 aliphatic rings. The molecule has 3 heteroatoms. The van der Waals surface area contributed by atoms with Gasteiger partial charge < -0.3 is 9.88 Å². The van der Waals surface area contributed by atoms with Crippen LogP contribution in [0.2, 0.25) is 0 Å².